The maximum atomic E-state index is 11.6. The molecule has 2 nitrogen and oxygen atoms in total. The summed E-state index contributed by atoms with van der Waals surface area (Å²) in [6.45, 7) is 3.42. The molecule has 0 amide bonds. The number of rotatable bonds is 6. The molecule has 0 radical (unpaired) electrons. The fraction of sp³-hybridized carbons (Fsp3) is 0.333. The van der Waals surface area contributed by atoms with Crippen LogP contribution in [0.15, 0.2) is 42.5 Å². The van der Waals surface area contributed by atoms with E-state index >= 15 is 0 Å². The van der Waals surface area contributed by atoms with E-state index in [-0.39, 0.29) is 17.5 Å². The van der Waals surface area contributed by atoms with Gasteiger partial charge in [0.15, 0.2) is 5.78 Å². The largest absolute Gasteiger partial charge is 0.299 e. The van der Waals surface area contributed by atoms with Crippen LogP contribution in [0.2, 0.25) is 0 Å². The van der Waals surface area contributed by atoms with Crippen LogP contribution < -0.4 is 0 Å². The third-order valence-corrected chi connectivity index (χ3v) is 2.72. The molecule has 0 bridgehead atoms. The molecule has 0 aliphatic heterocycles. The minimum Gasteiger partial charge on any atom is -0.299 e. The van der Waals surface area contributed by atoms with Crippen molar-refractivity contribution in [2.45, 2.75) is 32.6 Å². The molecule has 1 atom stereocenters. The minimum atomic E-state index is -0.142. The highest BCUT2D eigenvalue weighted by atomic mass is 16.1. The van der Waals surface area contributed by atoms with Crippen LogP contribution in [0.5, 0.6) is 0 Å². The lowest BCUT2D eigenvalue weighted by molar-refractivity contribution is -0.118. The zero-order valence-corrected chi connectivity index (χ0v) is 10.3. The Morgan fingerprint density at radius 1 is 1.24 bits per heavy atom. The second-order valence-corrected chi connectivity index (χ2v) is 4.03. The lowest BCUT2D eigenvalue weighted by Crippen LogP contribution is -2.07. The maximum Gasteiger partial charge on any atom is 0.155 e. The Kier molecular flexibility index (Phi) is 5.34. The fourth-order valence-corrected chi connectivity index (χ4v) is 1.68. The average molecular weight is 230 g/mol. The quantitative estimate of drug-likeness (QED) is 0.703. The normalized spacial score (nSPS) is 12.6. The van der Waals surface area contributed by atoms with E-state index in [1.54, 1.807) is 19.1 Å². The van der Waals surface area contributed by atoms with Crippen molar-refractivity contribution < 1.29 is 9.59 Å². The lowest BCUT2D eigenvalue weighted by Gasteiger charge is -2.11. The zero-order chi connectivity index (χ0) is 12.7. The number of allylic oxidation sites excluding steroid dienone is 2. The molecular formula is C15H18O2. The number of carbonyl (C=O) groups excluding carboxylic acids is 2. The third kappa shape index (κ3) is 4.35. The van der Waals surface area contributed by atoms with Gasteiger partial charge >= 0.3 is 0 Å². The predicted octanol–water partition coefficient (Wildman–Crippen LogP) is 3.28. The molecule has 0 aromatic heterocycles. The van der Waals surface area contributed by atoms with Crippen molar-refractivity contribution in [1.29, 1.82) is 0 Å². The molecule has 17 heavy (non-hydrogen) atoms. The highest BCUT2D eigenvalue weighted by Gasteiger charge is 2.14. The first-order valence-electron chi connectivity index (χ1n) is 5.90. The monoisotopic (exact) mass is 230 g/mol. The highest BCUT2D eigenvalue weighted by molar-refractivity contribution is 5.89. The van der Waals surface area contributed by atoms with E-state index in [0.717, 1.165) is 5.56 Å². The third-order valence-electron chi connectivity index (χ3n) is 2.72. The summed E-state index contributed by atoms with van der Waals surface area (Å²) in [6.07, 6.45) is 4.46. The minimum absolute atomic E-state index is 0.0976. The van der Waals surface area contributed by atoms with E-state index in [0.29, 0.717) is 12.8 Å². The summed E-state index contributed by atoms with van der Waals surface area (Å²) in [7, 11) is 0. The topological polar surface area (TPSA) is 34.1 Å². The van der Waals surface area contributed by atoms with Gasteiger partial charge in [-0.2, -0.15) is 0 Å². The van der Waals surface area contributed by atoms with Gasteiger partial charge in [0.2, 0.25) is 0 Å². The van der Waals surface area contributed by atoms with Crippen molar-refractivity contribution in [2.24, 2.45) is 0 Å². The molecule has 0 spiro atoms. The molecule has 0 saturated carbocycles. The summed E-state index contributed by atoms with van der Waals surface area (Å²) in [5.41, 5.74) is 1.01. The lowest BCUT2D eigenvalue weighted by atomic mass is 9.92. The number of ketones is 2. The van der Waals surface area contributed by atoms with Crippen molar-refractivity contribution in [1.82, 2.24) is 0 Å². The smallest absolute Gasteiger partial charge is 0.155 e. The molecule has 90 valence electrons. The fourth-order valence-electron chi connectivity index (χ4n) is 1.68. The predicted molar refractivity (Wildman–Crippen MR) is 68.9 cm³/mol. The molecule has 2 heteroatoms. The number of hydrogen-bond acceptors (Lipinski definition) is 2. The second kappa shape index (κ2) is 6.79. The number of carbonyl (C=O) groups is 2. The van der Waals surface area contributed by atoms with Gasteiger partial charge in [-0.15, -0.1) is 0 Å². The van der Waals surface area contributed by atoms with Crippen molar-refractivity contribution in [2.75, 3.05) is 0 Å². The Labute approximate surface area is 102 Å². The summed E-state index contributed by atoms with van der Waals surface area (Å²) < 4.78 is 0. The Hall–Kier alpha value is -1.70. The van der Waals surface area contributed by atoms with Crippen LogP contribution in [0.25, 0.3) is 0 Å². The van der Waals surface area contributed by atoms with Gasteiger partial charge in [0.05, 0.1) is 0 Å². The number of benzene rings is 1. The van der Waals surface area contributed by atoms with Crippen LogP contribution in [-0.4, -0.2) is 11.6 Å². The Morgan fingerprint density at radius 2 is 1.88 bits per heavy atom. The van der Waals surface area contributed by atoms with E-state index in [9.17, 15) is 9.59 Å². The highest BCUT2D eigenvalue weighted by Crippen LogP contribution is 2.20. The molecule has 1 unspecified atom stereocenters. The molecule has 0 saturated heterocycles. The zero-order valence-electron chi connectivity index (χ0n) is 10.3. The van der Waals surface area contributed by atoms with Gasteiger partial charge < -0.3 is 0 Å². The summed E-state index contributed by atoms with van der Waals surface area (Å²) in [5.74, 6) is 0.0854. The number of Topliss-reactive ketones (excluding diaryl/α,β-unsaturated/α-hetero) is 1. The first kappa shape index (κ1) is 13.4. The summed E-state index contributed by atoms with van der Waals surface area (Å²) in [4.78, 5) is 22.7. The molecule has 1 aromatic carbocycles. The summed E-state index contributed by atoms with van der Waals surface area (Å²) >= 11 is 0. The van der Waals surface area contributed by atoms with Crippen LogP contribution in [0.4, 0.5) is 0 Å². The molecular weight excluding hydrogens is 212 g/mol. The van der Waals surface area contributed by atoms with Crippen LogP contribution in [0, 0.1) is 0 Å². The van der Waals surface area contributed by atoms with E-state index in [2.05, 4.69) is 0 Å². The SMILES string of the molecule is CCC(=O)/C=C/CC(C(C)=O)c1ccccc1. The van der Waals surface area contributed by atoms with Gasteiger partial charge in [0, 0.05) is 12.3 Å². The van der Waals surface area contributed by atoms with Gasteiger partial charge in [-0.25, -0.2) is 0 Å². The van der Waals surface area contributed by atoms with Gasteiger partial charge in [-0.05, 0) is 25.0 Å². The van der Waals surface area contributed by atoms with Crippen molar-refractivity contribution in [3.8, 4) is 0 Å². The van der Waals surface area contributed by atoms with Crippen molar-refractivity contribution >= 4 is 11.6 Å². The molecule has 0 aliphatic carbocycles. The van der Waals surface area contributed by atoms with Gasteiger partial charge in [-0.1, -0.05) is 43.3 Å². The Morgan fingerprint density at radius 3 is 2.41 bits per heavy atom. The van der Waals surface area contributed by atoms with Crippen LogP contribution in [-0.2, 0) is 9.59 Å². The van der Waals surface area contributed by atoms with E-state index < -0.39 is 0 Å². The van der Waals surface area contributed by atoms with Gasteiger partial charge in [0.1, 0.15) is 5.78 Å². The summed E-state index contributed by atoms with van der Waals surface area (Å²) in [6, 6.07) is 9.67. The Balaban J connectivity index is 2.72. The van der Waals surface area contributed by atoms with Crippen LogP contribution in [0.3, 0.4) is 0 Å². The number of hydrogen-bond donors (Lipinski definition) is 0. The standard InChI is InChI=1S/C15H18O2/c1-3-14(17)10-7-11-15(12(2)16)13-8-5-4-6-9-13/h4-10,15H,3,11H2,1-2H3/b10-7+. The molecule has 1 aromatic rings. The first-order valence-corrected chi connectivity index (χ1v) is 5.90. The van der Waals surface area contributed by atoms with E-state index in [1.807, 2.05) is 37.3 Å². The summed E-state index contributed by atoms with van der Waals surface area (Å²) in [5, 5.41) is 0. The molecule has 0 heterocycles. The molecule has 0 N–H and O–H groups in total. The van der Waals surface area contributed by atoms with Crippen LogP contribution in [0.1, 0.15) is 38.2 Å². The van der Waals surface area contributed by atoms with Gasteiger partial charge in [-0.3, -0.25) is 9.59 Å². The van der Waals surface area contributed by atoms with Crippen LogP contribution >= 0.6 is 0 Å². The van der Waals surface area contributed by atoms with E-state index in [1.165, 1.54) is 0 Å². The first-order chi connectivity index (χ1) is 8.15. The Bertz CT molecular complexity index is 404. The van der Waals surface area contributed by atoms with Crippen molar-refractivity contribution in [3.63, 3.8) is 0 Å². The second-order valence-electron chi connectivity index (χ2n) is 4.03. The molecule has 0 aliphatic rings. The van der Waals surface area contributed by atoms with E-state index in [4.69, 9.17) is 0 Å². The average Bonchev–Trinajstić information content (AvgIpc) is 2.34. The van der Waals surface area contributed by atoms with Crippen molar-refractivity contribution in [3.05, 3.63) is 48.0 Å². The molecule has 1 rings (SSSR count). The maximum absolute atomic E-state index is 11.6. The molecule has 0 fully saturated rings. The van der Waals surface area contributed by atoms with Gasteiger partial charge in [0.25, 0.3) is 0 Å².